The predicted octanol–water partition coefficient (Wildman–Crippen LogP) is 0.443. The quantitative estimate of drug-likeness (QED) is 0.792. The Morgan fingerprint density at radius 2 is 2.58 bits per heavy atom. The molecule has 0 atom stereocenters. The minimum Gasteiger partial charge on any atom is -0.346 e. The molecule has 2 N–H and O–H groups in total. The molecule has 0 unspecified atom stereocenters. The van der Waals surface area contributed by atoms with Crippen molar-refractivity contribution >= 4 is 21.8 Å². The van der Waals surface area contributed by atoms with Crippen LogP contribution in [0.25, 0.3) is 0 Å². The number of nitrogens with zero attached hydrogens (tertiary/aromatic N) is 2. The number of nitrogens with one attached hydrogen (secondary N) is 2. The van der Waals surface area contributed by atoms with Gasteiger partial charge in [0.25, 0.3) is 5.91 Å². The SMILES string of the molecule is C=C(Br)CNC(=O)c1cn[nH]n1. The van der Waals surface area contributed by atoms with Crippen molar-refractivity contribution in [3.63, 3.8) is 0 Å². The lowest BCUT2D eigenvalue weighted by Crippen LogP contribution is -2.24. The fourth-order valence-electron chi connectivity index (χ4n) is 0.578. The molecule has 0 fully saturated rings. The van der Waals surface area contributed by atoms with Crippen LogP contribution in [0, 0.1) is 0 Å². The van der Waals surface area contributed by atoms with E-state index in [2.05, 4.69) is 43.2 Å². The van der Waals surface area contributed by atoms with Gasteiger partial charge in [-0.25, -0.2) is 0 Å². The van der Waals surface area contributed by atoms with Crippen LogP contribution in [0.15, 0.2) is 17.3 Å². The van der Waals surface area contributed by atoms with Crippen molar-refractivity contribution in [3.05, 3.63) is 23.0 Å². The zero-order chi connectivity index (χ0) is 8.97. The third kappa shape index (κ3) is 2.46. The normalized spacial score (nSPS) is 9.42. The van der Waals surface area contributed by atoms with E-state index in [1.165, 1.54) is 6.20 Å². The first-order valence-electron chi connectivity index (χ1n) is 3.17. The summed E-state index contributed by atoms with van der Waals surface area (Å²) in [6.45, 7) is 3.95. The number of carbonyl (C=O) groups is 1. The Labute approximate surface area is 77.4 Å². The second-order valence-corrected chi connectivity index (χ2v) is 3.18. The van der Waals surface area contributed by atoms with Gasteiger partial charge in [-0.2, -0.15) is 15.4 Å². The molecule has 1 heterocycles. The Morgan fingerprint density at radius 1 is 1.83 bits per heavy atom. The molecule has 0 saturated heterocycles. The Morgan fingerprint density at radius 3 is 3.08 bits per heavy atom. The highest BCUT2D eigenvalue weighted by Crippen LogP contribution is 1.97. The molecule has 64 valence electrons. The van der Waals surface area contributed by atoms with Gasteiger partial charge in [-0.3, -0.25) is 4.79 Å². The first-order valence-corrected chi connectivity index (χ1v) is 3.96. The number of hydrogen-bond donors (Lipinski definition) is 2. The lowest BCUT2D eigenvalue weighted by molar-refractivity contribution is 0.0953. The molecule has 1 aromatic rings. The number of hydrogen-bond acceptors (Lipinski definition) is 3. The average molecular weight is 231 g/mol. The van der Waals surface area contributed by atoms with Crippen LogP contribution < -0.4 is 5.32 Å². The first kappa shape index (κ1) is 8.92. The van der Waals surface area contributed by atoms with Crippen molar-refractivity contribution in [1.82, 2.24) is 20.7 Å². The number of H-pyrrole nitrogens is 1. The standard InChI is InChI=1S/C6H7BrN4O/c1-4(7)2-8-6(12)5-3-9-11-10-5/h3H,1-2H2,(H,8,12)(H,9,10,11). The third-order valence-corrected chi connectivity index (χ3v) is 1.37. The molecular weight excluding hydrogens is 224 g/mol. The van der Waals surface area contributed by atoms with Crippen molar-refractivity contribution in [2.24, 2.45) is 0 Å². The highest BCUT2D eigenvalue weighted by Gasteiger charge is 2.06. The van der Waals surface area contributed by atoms with Crippen molar-refractivity contribution in [2.45, 2.75) is 0 Å². The number of amides is 1. The number of halogens is 1. The summed E-state index contributed by atoms with van der Waals surface area (Å²) in [5.41, 5.74) is 0.267. The van der Waals surface area contributed by atoms with Gasteiger partial charge in [0, 0.05) is 11.0 Å². The number of aromatic nitrogens is 3. The zero-order valence-corrected chi connectivity index (χ0v) is 7.76. The van der Waals surface area contributed by atoms with E-state index in [1.807, 2.05) is 0 Å². The molecule has 0 aliphatic heterocycles. The molecule has 0 aliphatic rings. The lowest BCUT2D eigenvalue weighted by Gasteiger charge is -1.98. The summed E-state index contributed by atoms with van der Waals surface area (Å²) in [5, 5.41) is 12.0. The summed E-state index contributed by atoms with van der Waals surface area (Å²) in [5.74, 6) is -0.274. The van der Waals surface area contributed by atoms with Gasteiger partial charge in [0.05, 0.1) is 6.20 Å². The van der Waals surface area contributed by atoms with E-state index in [0.717, 1.165) is 0 Å². The van der Waals surface area contributed by atoms with Gasteiger partial charge < -0.3 is 5.32 Å². The fourth-order valence-corrected chi connectivity index (χ4v) is 0.718. The Bertz CT molecular complexity index is 282. The van der Waals surface area contributed by atoms with Gasteiger partial charge in [0.15, 0.2) is 5.69 Å². The maximum Gasteiger partial charge on any atom is 0.273 e. The average Bonchev–Trinajstić information content (AvgIpc) is 2.51. The summed E-state index contributed by atoms with van der Waals surface area (Å²) in [4.78, 5) is 11.1. The molecule has 1 rings (SSSR count). The topological polar surface area (TPSA) is 70.7 Å². The maximum atomic E-state index is 11.1. The second-order valence-electron chi connectivity index (χ2n) is 2.06. The first-order chi connectivity index (χ1) is 5.70. The van der Waals surface area contributed by atoms with E-state index in [1.54, 1.807) is 0 Å². The monoisotopic (exact) mass is 230 g/mol. The van der Waals surface area contributed by atoms with Crippen molar-refractivity contribution in [3.8, 4) is 0 Å². The summed E-state index contributed by atoms with van der Waals surface area (Å²) in [6.07, 6.45) is 1.35. The van der Waals surface area contributed by atoms with Crippen LogP contribution in [-0.2, 0) is 0 Å². The molecule has 1 aromatic heterocycles. The van der Waals surface area contributed by atoms with Crippen LogP contribution in [0.3, 0.4) is 0 Å². The zero-order valence-electron chi connectivity index (χ0n) is 6.17. The molecule has 6 heteroatoms. The molecule has 0 radical (unpaired) electrons. The third-order valence-electron chi connectivity index (χ3n) is 1.09. The molecule has 12 heavy (non-hydrogen) atoms. The molecule has 0 aromatic carbocycles. The van der Waals surface area contributed by atoms with Gasteiger partial charge in [-0.15, -0.1) is 0 Å². The highest BCUT2D eigenvalue weighted by atomic mass is 79.9. The van der Waals surface area contributed by atoms with E-state index < -0.39 is 0 Å². The van der Waals surface area contributed by atoms with E-state index in [0.29, 0.717) is 11.0 Å². The maximum absolute atomic E-state index is 11.1. The molecule has 1 amide bonds. The minimum atomic E-state index is -0.274. The van der Waals surface area contributed by atoms with Crippen molar-refractivity contribution in [2.75, 3.05) is 6.54 Å². The molecule has 5 nitrogen and oxygen atoms in total. The molecule has 0 bridgehead atoms. The molecule has 0 spiro atoms. The van der Waals surface area contributed by atoms with E-state index >= 15 is 0 Å². The van der Waals surface area contributed by atoms with Crippen LogP contribution in [-0.4, -0.2) is 27.9 Å². The second kappa shape index (κ2) is 4.01. The summed E-state index contributed by atoms with van der Waals surface area (Å²) in [6, 6.07) is 0. The Kier molecular flexibility index (Phi) is 2.98. The van der Waals surface area contributed by atoms with E-state index in [-0.39, 0.29) is 11.6 Å². The Hall–Kier alpha value is -1.17. The minimum absolute atomic E-state index is 0.267. The summed E-state index contributed by atoms with van der Waals surface area (Å²) in [7, 11) is 0. The fraction of sp³-hybridized carbons (Fsp3) is 0.167. The summed E-state index contributed by atoms with van der Waals surface area (Å²) >= 11 is 3.11. The predicted molar refractivity (Wildman–Crippen MR) is 46.8 cm³/mol. The van der Waals surface area contributed by atoms with Crippen LogP contribution in [0.4, 0.5) is 0 Å². The summed E-state index contributed by atoms with van der Waals surface area (Å²) < 4.78 is 0.708. The molecule has 0 aliphatic carbocycles. The van der Waals surface area contributed by atoms with Gasteiger partial charge in [0.2, 0.25) is 0 Å². The largest absolute Gasteiger partial charge is 0.346 e. The molecule has 0 saturated carbocycles. The van der Waals surface area contributed by atoms with Gasteiger partial charge >= 0.3 is 0 Å². The van der Waals surface area contributed by atoms with Crippen molar-refractivity contribution < 1.29 is 4.79 Å². The van der Waals surface area contributed by atoms with E-state index in [4.69, 9.17) is 0 Å². The van der Waals surface area contributed by atoms with Crippen LogP contribution in [0.1, 0.15) is 10.5 Å². The van der Waals surface area contributed by atoms with E-state index in [9.17, 15) is 4.79 Å². The molecular formula is C6H7BrN4O. The highest BCUT2D eigenvalue weighted by molar-refractivity contribution is 9.11. The van der Waals surface area contributed by atoms with Gasteiger partial charge in [-0.05, 0) is 0 Å². The van der Waals surface area contributed by atoms with Crippen molar-refractivity contribution in [1.29, 1.82) is 0 Å². The van der Waals surface area contributed by atoms with Gasteiger partial charge in [0.1, 0.15) is 0 Å². The van der Waals surface area contributed by atoms with Crippen LogP contribution in [0.2, 0.25) is 0 Å². The van der Waals surface area contributed by atoms with Gasteiger partial charge in [-0.1, -0.05) is 22.5 Å². The lowest BCUT2D eigenvalue weighted by atomic mass is 10.4. The smallest absolute Gasteiger partial charge is 0.273 e. The van der Waals surface area contributed by atoms with Crippen LogP contribution in [0.5, 0.6) is 0 Å². The number of rotatable bonds is 3. The number of carbonyl (C=O) groups excluding carboxylic acids is 1. The Balaban J connectivity index is 2.45. The van der Waals surface area contributed by atoms with Crippen LogP contribution >= 0.6 is 15.9 Å². The number of aromatic amines is 1.